The van der Waals surface area contributed by atoms with Gasteiger partial charge >= 0.3 is 12.2 Å². The van der Waals surface area contributed by atoms with Gasteiger partial charge in [-0.05, 0) is 84.5 Å². The van der Waals surface area contributed by atoms with E-state index in [0.29, 0.717) is 29.3 Å². The van der Waals surface area contributed by atoms with Gasteiger partial charge in [0.15, 0.2) is 12.2 Å². The average Bonchev–Trinajstić information content (AvgIpc) is 3.49. The van der Waals surface area contributed by atoms with Gasteiger partial charge in [0.05, 0.1) is 18.7 Å². The maximum Gasteiger partial charge on any atom is 0.573 e. The predicted molar refractivity (Wildman–Crippen MR) is 165 cm³/mol. The first-order chi connectivity index (χ1) is 22.4. The molecular formula is C31H28F3N6O6S+. The molecule has 0 aliphatic carbocycles. The van der Waals surface area contributed by atoms with E-state index in [1.807, 2.05) is 6.92 Å². The fourth-order valence-corrected chi connectivity index (χ4v) is 5.17. The van der Waals surface area contributed by atoms with Crippen LogP contribution in [0.15, 0.2) is 83.4 Å². The lowest BCUT2D eigenvalue weighted by molar-refractivity contribution is -0.746. The van der Waals surface area contributed by atoms with Crippen LogP contribution in [0.2, 0.25) is 0 Å². The topological polar surface area (TPSA) is 130 Å². The van der Waals surface area contributed by atoms with Gasteiger partial charge < -0.3 is 19.7 Å². The maximum absolute atomic E-state index is 13.9. The van der Waals surface area contributed by atoms with Crippen molar-refractivity contribution in [1.29, 1.82) is 0 Å². The summed E-state index contributed by atoms with van der Waals surface area (Å²) in [5, 5.41) is 9.26. The molecule has 1 aromatic heterocycles. The first kappa shape index (κ1) is 32.9. The number of benzene rings is 3. The Labute approximate surface area is 271 Å². The lowest BCUT2D eigenvalue weighted by Crippen LogP contribution is -2.43. The van der Waals surface area contributed by atoms with Gasteiger partial charge in [0.1, 0.15) is 24.1 Å². The Morgan fingerprint density at radius 2 is 1.66 bits per heavy atom. The summed E-state index contributed by atoms with van der Waals surface area (Å²) in [7, 11) is 1.58. The van der Waals surface area contributed by atoms with Crippen molar-refractivity contribution >= 4 is 52.3 Å². The number of nitrogens with zero attached hydrogens (tertiary/aromatic N) is 4. The van der Waals surface area contributed by atoms with E-state index in [2.05, 4.69) is 20.6 Å². The molecule has 4 aromatic rings. The summed E-state index contributed by atoms with van der Waals surface area (Å²) >= 11 is 5.76. The number of carbonyl (C=O) groups is 3. The predicted octanol–water partition coefficient (Wildman–Crippen LogP) is 4.58. The van der Waals surface area contributed by atoms with Gasteiger partial charge in [0.2, 0.25) is 11.2 Å². The average molecular weight is 670 g/mol. The van der Waals surface area contributed by atoms with Crippen molar-refractivity contribution in [1.82, 2.24) is 10.2 Å². The molecule has 1 unspecified atom stereocenters. The molecule has 3 aromatic carbocycles. The van der Waals surface area contributed by atoms with E-state index < -0.39 is 35.9 Å². The van der Waals surface area contributed by atoms with E-state index in [0.717, 1.165) is 12.1 Å². The number of aryl methyl sites for hydroxylation is 1. The first-order valence-corrected chi connectivity index (χ1v) is 14.6. The number of ether oxygens (including phenoxy) is 2. The standard InChI is InChI=1S/C31H27F3N6O6S/c1-3-44-22-15-11-21(12-16-22)40-29(43)24(17-26(41)35-20-9-13-23(14-10-20)45-31(32,33)34)39(30(40)47)18-25-28(46-37-38(25)2)36-27(42)19-7-5-4-6-8-19/h4-16,24H,3,17-18H2,1-2H3,(H-,35,36,37,41,42)/p+1. The molecule has 0 bridgehead atoms. The van der Waals surface area contributed by atoms with Crippen LogP contribution in [0.4, 0.5) is 30.4 Å². The molecule has 5 rings (SSSR count). The number of carbonyl (C=O) groups excluding carboxylic acids is 3. The second-order valence-corrected chi connectivity index (χ2v) is 10.5. The minimum Gasteiger partial charge on any atom is -0.494 e. The molecule has 1 saturated heterocycles. The Kier molecular flexibility index (Phi) is 9.70. The van der Waals surface area contributed by atoms with Crippen LogP contribution in [0.3, 0.4) is 0 Å². The highest BCUT2D eigenvalue weighted by Gasteiger charge is 2.46. The van der Waals surface area contributed by atoms with Gasteiger partial charge in [0, 0.05) is 11.3 Å². The molecule has 1 fully saturated rings. The molecule has 1 aliphatic rings. The molecule has 2 N–H and O–H groups in total. The molecule has 0 saturated carbocycles. The number of thiocarbonyl (C=S) groups is 1. The maximum atomic E-state index is 13.9. The zero-order chi connectivity index (χ0) is 33.7. The van der Waals surface area contributed by atoms with E-state index >= 15 is 0 Å². The molecule has 244 valence electrons. The largest absolute Gasteiger partial charge is 0.573 e. The molecule has 2 heterocycles. The highest BCUT2D eigenvalue weighted by Crippen LogP contribution is 2.31. The Hall–Kier alpha value is -5.51. The number of anilines is 3. The molecule has 12 nitrogen and oxygen atoms in total. The van der Waals surface area contributed by atoms with Crippen LogP contribution in [0.25, 0.3) is 0 Å². The Morgan fingerprint density at radius 1 is 1.00 bits per heavy atom. The molecule has 16 heteroatoms. The normalized spacial score (nSPS) is 14.7. The Balaban J connectivity index is 1.40. The zero-order valence-electron chi connectivity index (χ0n) is 25.0. The highest BCUT2D eigenvalue weighted by atomic mass is 32.1. The zero-order valence-corrected chi connectivity index (χ0v) is 25.8. The monoisotopic (exact) mass is 669 g/mol. The van der Waals surface area contributed by atoms with Crippen LogP contribution in [0.1, 0.15) is 29.4 Å². The lowest BCUT2D eigenvalue weighted by Gasteiger charge is -2.22. The van der Waals surface area contributed by atoms with Gasteiger partial charge in [-0.1, -0.05) is 18.2 Å². The minimum absolute atomic E-state index is 0.0143. The second-order valence-electron chi connectivity index (χ2n) is 10.1. The fraction of sp³-hybridized carbons (Fsp3) is 0.226. The summed E-state index contributed by atoms with van der Waals surface area (Å²) in [6, 6.07) is 18.6. The van der Waals surface area contributed by atoms with Crippen LogP contribution in [-0.2, 0) is 23.2 Å². The number of alkyl halides is 3. The smallest absolute Gasteiger partial charge is 0.494 e. The summed E-state index contributed by atoms with van der Waals surface area (Å²) in [6.45, 7) is 2.19. The van der Waals surface area contributed by atoms with Crippen molar-refractivity contribution in [3.63, 3.8) is 0 Å². The molecule has 1 aliphatic heterocycles. The lowest BCUT2D eigenvalue weighted by atomic mass is 10.1. The number of nitrogens with one attached hydrogen (secondary N) is 2. The summed E-state index contributed by atoms with van der Waals surface area (Å²) < 4.78 is 53.7. The number of hydrogen-bond acceptors (Lipinski definition) is 8. The molecule has 3 amide bonds. The van der Waals surface area contributed by atoms with E-state index in [-0.39, 0.29) is 29.6 Å². The van der Waals surface area contributed by atoms with Gasteiger partial charge in [-0.15, -0.1) is 13.2 Å². The van der Waals surface area contributed by atoms with Gasteiger partial charge in [-0.2, -0.15) is 0 Å². The number of hydrogen-bond donors (Lipinski definition) is 2. The van der Waals surface area contributed by atoms with E-state index in [9.17, 15) is 27.6 Å². The Bertz CT molecular complexity index is 1770. The third-order valence-corrected chi connectivity index (χ3v) is 7.38. The summed E-state index contributed by atoms with van der Waals surface area (Å²) in [4.78, 5) is 42.8. The first-order valence-electron chi connectivity index (χ1n) is 14.2. The minimum atomic E-state index is -4.87. The second kappa shape index (κ2) is 13.9. The van der Waals surface area contributed by atoms with Crippen molar-refractivity contribution < 1.29 is 46.2 Å². The van der Waals surface area contributed by atoms with E-state index in [1.54, 1.807) is 61.6 Å². The van der Waals surface area contributed by atoms with Crippen LogP contribution < -0.4 is 29.7 Å². The van der Waals surface area contributed by atoms with Crippen molar-refractivity contribution in [3.8, 4) is 11.5 Å². The van der Waals surface area contributed by atoms with Crippen LogP contribution in [-0.4, -0.2) is 52.0 Å². The highest BCUT2D eigenvalue weighted by molar-refractivity contribution is 7.80. The number of amides is 3. The molecule has 1 atom stereocenters. The quantitative estimate of drug-likeness (QED) is 0.174. The van der Waals surface area contributed by atoms with Crippen LogP contribution in [0, 0.1) is 0 Å². The van der Waals surface area contributed by atoms with Gasteiger partial charge in [-0.3, -0.25) is 29.1 Å². The fourth-order valence-electron chi connectivity index (χ4n) is 4.78. The summed E-state index contributed by atoms with van der Waals surface area (Å²) in [6.07, 6.45) is -5.25. The van der Waals surface area contributed by atoms with Crippen molar-refractivity contribution in [2.24, 2.45) is 7.05 Å². The molecular weight excluding hydrogens is 641 g/mol. The SMILES string of the molecule is CCOc1ccc(N2C(=O)C(CC(=O)Nc3ccc(OC(F)(F)F)cc3)N(Cc3c(NC(=O)c4ccccc4)on[n+]3C)C2=S)cc1. The molecule has 0 radical (unpaired) electrons. The Morgan fingerprint density at radius 3 is 2.30 bits per heavy atom. The van der Waals surface area contributed by atoms with Gasteiger partial charge in [0.25, 0.3) is 17.5 Å². The summed E-state index contributed by atoms with van der Waals surface area (Å²) in [5.74, 6) is -1.43. The van der Waals surface area contributed by atoms with Gasteiger partial charge in [-0.25, -0.2) is 0 Å². The van der Waals surface area contributed by atoms with Crippen molar-refractivity contribution in [2.75, 3.05) is 22.1 Å². The van der Waals surface area contributed by atoms with Crippen LogP contribution in [0.5, 0.6) is 11.5 Å². The van der Waals surface area contributed by atoms with E-state index in [4.69, 9.17) is 21.5 Å². The molecule has 47 heavy (non-hydrogen) atoms. The summed E-state index contributed by atoms with van der Waals surface area (Å²) in [5.41, 5.74) is 1.34. The molecule has 0 spiro atoms. The number of rotatable bonds is 11. The van der Waals surface area contributed by atoms with E-state index in [1.165, 1.54) is 26.6 Å². The third-order valence-electron chi connectivity index (χ3n) is 6.97. The third kappa shape index (κ3) is 7.84. The van der Waals surface area contributed by atoms with Crippen LogP contribution >= 0.6 is 12.2 Å². The number of aromatic nitrogens is 2. The van der Waals surface area contributed by atoms with Crippen molar-refractivity contribution in [2.45, 2.75) is 32.3 Å². The van der Waals surface area contributed by atoms with Crippen molar-refractivity contribution in [3.05, 3.63) is 90.1 Å². The number of halogens is 3.